The van der Waals surface area contributed by atoms with Crippen molar-refractivity contribution in [2.75, 3.05) is 6.73 Å². The van der Waals surface area contributed by atoms with Crippen molar-refractivity contribution in [1.29, 1.82) is 0 Å². The summed E-state index contributed by atoms with van der Waals surface area (Å²) in [5.41, 5.74) is 6.27. The summed E-state index contributed by atoms with van der Waals surface area (Å²) in [7, 11) is 0. The third kappa shape index (κ3) is 1.13. The first-order chi connectivity index (χ1) is 6.95. The Balaban J connectivity index is 2.11. The van der Waals surface area contributed by atoms with Gasteiger partial charge in [-0.15, -0.1) is 0 Å². The van der Waals surface area contributed by atoms with Gasteiger partial charge in [0.2, 0.25) is 0 Å². The standard InChI is InChI=1S/C10H10N3O/c1-2-4-9-7(3-1)8(5-11-9)10-12-6-14-13-10/h1-5,10-12H,6H2. The quantitative estimate of drug-likeness (QED) is 0.708. The summed E-state index contributed by atoms with van der Waals surface area (Å²) in [5, 5.41) is 4.34. The first kappa shape index (κ1) is 7.99. The SMILES string of the molecule is c1ccc2c(C3[N]OCN3)c[nH]c2c1. The van der Waals surface area contributed by atoms with E-state index in [4.69, 9.17) is 4.84 Å². The molecule has 14 heavy (non-hydrogen) atoms. The number of hydroxylamine groups is 1. The molecule has 71 valence electrons. The van der Waals surface area contributed by atoms with Crippen LogP contribution in [-0.4, -0.2) is 11.7 Å². The van der Waals surface area contributed by atoms with Gasteiger partial charge in [0.15, 0.2) is 0 Å². The lowest BCUT2D eigenvalue weighted by Crippen LogP contribution is -2.16. The third-order valence-corrected chi connectivity index (χ3v) is 2.44. The molecule has 2 N–H and O–H groups in total. The van der Waals surface area contributed by atoms with Gasteiger partial charge in [-0.25, -0.2) is 0 Å². The molecular weight excluding hydrogens is 178 g/mol. The van der Waals surface area contributed by atoms with E-state index in [1.165, 1.54) is 5.39 Å². The number of benzene rings is 1. The van der Waals surface area contributed by atoms with E-state index in [9.17, 15) is 0 Å². The Kier molecular flexibility index (Phi) is 1.77. The summed E-state index contributed by atoms with van der Waals surface area (Å²) in [5.74, 6) is 0. The zero-order valence-corrected chi connectivity index (χ0v) is 7.53. The predicted octanol–water partition coefficient (Wildman–Crippen LogP) is 1.26. The molecule has 1 atom stereocenters. The summed E-state index contributed by atoms with van der Waals surface area (Å²) >= 11 is 0. The van der Waals surface area contributed by atoms with Crippen molar-refractivity contribution in [3.05, 3.63) is 36.0 Å². The third-order valence-electron chi connectivity index (χ3n) is 2.44. The molecule has 0 saturated carbocycles. The van der Waals surface area contributed by atoms with Crippen LogP contribution < -0.4 is 10.8 Å². The van der Waals surface area contributed by atoms with Gasteiger partial charge in [-0.2, -0.15) is 0 Å². The van der Waals surface area contributed by atoms with Gasteiger partial charge >= 0.3 is 0 Å². The Bertz CT molecular complexity index is 445. The average molecular weight is 188 g/mol. The summed E-state index contributed by atoms with van der Waals surface area (Å²) < 4.78 is 0. The van der Waals surface area contributed by atoms with Crippen LogP contribution in [0, 0.1) is 0 Å². The molecule has 2 heterocycles. The van der Waals surface area contributed by atoms with Gasteiger partial charge in [-0.1, -0.05) is 23.7 Å². The molecule has 3 rings (SSSR count). The second-order valence-electron chi connectivity index (χ2n) is 3.28. The molecule has 1 aliphatic rings. The molecular formula is C10H10N3O. The summed E-state index contributed by atoms with van der Waals surface area (Å²) in [6.07, 6.45) is 1.94. The smallest absolute Gasteiger partial charge is 0.133 e. The largest absolute Gasteiger partial charge is 0.361 e. The fraction of sp³-hybridized carbons (Fsp3) is 0.200. The Morgan fingerprint density at radius 2 is 2.29 bits per heavy atom. The normalized spacial score (nSPS) is 21.9. The van der Waals surface area contributed by atoms with E-state index in [0.717, 1.165) is 11.1 Å². The Morgan fingerprint density at radius 3 is 3.14 bits per heavy atom. The average Bonchev–Trinajstić information content (AvgIpc) is 2.85. The molecule has 0 spiro atoms. The number of para-hydroxylation sites is 1. The predicted molar refractivity (Wildman–Crippen MR) is 52.3 cm³/mol. The molecule has 1 saturated heterocycles. The van der Waals surface area contributed by atoms with Gasteiger partial charge in [0.25, 0.3) is 0 Å². The van der Waals surface area contributed by atoms with Gasteiger partial charge in [0, 0.05) is 22.7 Å². The maximum atomic E-state index is 4.93. The molecule has 0 aliphatic carbocycles. The molecule has 0 amide bonds. The Morgan fingerprint density at radius 1 is 1.36 bits per heavy atom. The van der Waals surface area contributed by atoms with Crippen LogP contribution in [0.25, 0.3) is 10.9 Å². The van der Waals surface area contributed by atoms with Crippen LogP contribution in [0.2, 0.25) is 0 Å². The highest BCUT2D eigenvalue weighted by Gasteiger charge is 2.20. The molecule has 4 nitrogen and oxygen atoms in total. The summed E-state index contributed by atoms with van der Waals surface area (Å²) in [6.45, 7) is 0.490. The van der Waals surface area contributed by atoms with Crippen LogP contribution in [0.3, 0.4) is 0 Å². The number of H-pyrrole nitrogens is 1. The zero-order valence-electron chi connectivity index (χ0n) is 7.53. The number of rotatable bonds is 1. The van der Waals surface area contributed by atoms with Crippen LogP contribution >= 0.6 is 0 Å². The van der Waals surface area contributed by atoms with Crippen molar-refractivity contribution >= 4 is 10.9 Å². The van der Waals surface area contributed by atoms with Gasteiger partial charge in [-0.3, -0.25) is 10.2 Å². The highest BCUT2D eigenvalue weighted by molar-refractivity contribution is 5.83. The first-order valence-electron chi connectivity index (χ1n) is 4.57. The van der Waals surface area contributed by atoms with E-state index in [1.807, 2.05) is 18.3 Å². The number of nitrogens with zero attached hydrogens (tertiary/aromatic N) is 1. The highest BCUT2D eigenvalue weighted by Crippen LogP contribution is 2.24. The Hall–Kier alpha value is -1.36. The molecule has 1 unspecified atom stereocenters. The number of hydrogen-bond acceptors (Lipinski definition) is 2. The minimum atomic E-state index is -0.0360. The lowest BCUT2D eigenvalue weighted by atomic mass is 10.1. The highest BCUT2D eigenvalue weighted by atomic mass is 16.7. The molecule has 1 fully saturated rings. The number of aromatic amines is 1. The fourth-order valence-electron chi connectivity index (χ4n) is 1.75. The van der Waals surface area contributed by atoms with Gasteiger partial charge in [-0.05, 0) is 6.07 Å². The van der Waals surface area contributed by atoms with Crippen LogP contribution in [0.15, 0.2) is 30.5 Å². The van der Waals surface area contributed by atoms with Crippen molar-refractivity contribution in [3.8, 4) is 0 Å². The van der Waals surface area contributed by atoms with Gasteiger partial charge < -0.3 is 4.98 Å². The lowest BCUT2D eigenvalue weighted by molar-refractivity contribution is 0.0786. The van der Waals surface area contributed by atoms with Gasteiger partial charge in [0.1, 0.15) is 12.9 Å². The molecule has 2 aromatic rings. The fourth-order valence-corrected chi connectivity index (χ4v) is 1.75. The zero-order chi connectivity index (χ0) is 9.38. The maximum Gasteiger partial charge on any atom is 0.133 e. The van der Waals surface area contributed by atoms with Crippen LogP contribution in [0.1, 0.15) is 11.7 Å². The molecule has 1 aromatic heterocycles. The summed E-state index contributed by atoms with van der Waals surface area (Å²) in [6, 6.07) is 8.17. The molecule has 4 heteroatoms. The van der Waals surface area contributed by atoms with Crippen LogP contribution in [0.5, 0.6) is 0 Å². The van der Waals surface area contributed by atoms with E-state index in [-0.39, 0.29) is 6.17 Å². The molecule has 1 radical (unpaired) electrons. The Labute approximate surface area is 81.2 Å². The number of hydrogen-bond donors (Lipinski definition) is 2. The maximum absolute atomic E-state index is 4.93. The van der Waals surface area contributed by atoms with E-state index < -0.39 is 0 Å². The first-order valence-corrected chi connectivity index (χ1v) is 4.57. The monoisotopic (exact) mass is 188 g/mol. The lowest BCUT2D eigenvalue weighted by Gasteiger charge is -2.04. The number of fused-ring (bicyclic) bond motifs is 1. The van der Waals surface area contributed by atoms with Gasteiger partial charge in [0.05, 0.1) is 0 Å². The topological polar surface area (TPSA) is 51.1 Å². The van der Waals surface area contributed by atoms with Crippen molar-refractivity contribution in [2.45, 2.75) is 6.17 Å². The van der Waals surface area contributed by atoms with E-state index in [1.54, 1.807) is 0 Å². The van der Waals surface area contributed by atoms with E-state index in [2.05, 4.69) is 27.9 Å². The second-order valence-corrected chi connectivity index (χ2v) is 3.28. The van der Waals surface area contributed by atoms with Crippen molar-refractivity contribution in [3.63, 3.8) is 0 Å². The van der Waals surface area contributed by atoms with Crippen molar-refractivity contribution in [1.82, 2.24) is 15.8 Å². The van der Waals surface area contributed by atoms with E-state index >= 15 is 0 Å². The number of nitrogens with one attached hydrogen (secondary N) is 2. The minimum absolute atomic E-state index is 0.0360. The second kappa shape index (κ2) is 3.09. The van der Waals surface area contributed by atoms with Crippen LogP contribution in [-0.2, 0) is 4.84 Å². The van der Waals surface area contributed by atoms with Crippen molar-refractivity contribution < 1.29 is 4.84 Å². The minimum Gasteiger partial charge on any atom is -0.361 e. The molecule has 1 aliphatic heterocycles. The molecule has 1 aromatic carbocycles. The summed E-state index contributed by atoms with van der Waals surface area (Å²) in [4.78, 5) is 8.14. The van der Waals surface area contributed by atoms with Crippen molar-refractivity contribution in [2.24, 2.45) is 0 Å². The van der Waals surface area contributed by atoms with E-state index in [0.29, 0.717) is 6.73 Å². The molecule has 0 bridgehead atoms. The van der Waals surface area contributed by atoms with Crippen LogP contribution in [0.4, 0.5) is 0 Å². The number of aromatic nitrogens is 1.